The van der Waals surface area contributed by atoms with E-state index in [0.29, 0.717) is 5.56 Å². The second-order valence-electron chi connectivity index (χ2n) is 3.90. The van der Waals surface area contributed by atoms with Crippen molar-refractivity contribution in [3.8, 4) is 0 Å². The molecule has 0 aromatic heterocycles. The Morgan fingerprint density at radius 1 is 0.833 bits per heavy atom. The largest absolute Gasteiger partial charge is 0.416 e. The molecule has 0 saturated heterocycles. The van der Waals surface area contributed by atoms with E-state index in [1.54, 1.807) is 30.3 Å². The maximum absolute atomic E-state index is 12.8. The molecule has 0 aliphatic heterocycles. The van der Waals surface area contributed by atoms with Gasteiger partial charge < -0.3 is 5.11 Å². The summed E-state index contributed by atoms with van der Waals surface area (Å²) < 4.78 is 38.4. The standard InChI is InChI=1S/C14H11F3O/c15-14(16,17)12-9-5-4-8-11(12)13(18)10-6-2-1-3-7-10/h1-9,13,18H. The van der Waals surface area contributed by atoms with Crippen LogP contribution < -0.4 is 0 Å². The van der Waals surface area contributed by atoms with Gasteiger partial charge in [-0.2, -0.15) is 13.2 Å². The maximum Gasteiger partial charge on any atom is 0.416 e. The maximum atomic E-state index is 12.8. The molecule has 1 atom stereocenters. The number of aliphatic hydroxyl groups excluding tert-OH is 1. The molecule has 0 aliphatic carbocycles. The molecule has 0 saturated carbocycles. The number of benzene rings is 2. The molecule has 1 N–H and O–H groups in total. The summed E-state index contributed by atoms with van der Waals surface area (Å²) in [4.78, 5) is 0. The summed E-state index contributed by atoms with van der Waals surface area (Å²) >= 11 is 0. The van der Waals surface area contributed by atoms with Crippen molar-refractivity contribution in [2.24, 2.45) is 0 Å². The Morgan fingerprint density at radius 2 is 1.39 bits per heavy atom. The molecule has 0 amide bonds. The van der Waals surface area contributed by atoms with Crippen LogP contribution in [0, 0.1) is 0 Å². The van der Waals surface area contributed by atoms with Gasteiger partial charge in [-0.05, 0) is 17.2 Å². The third-order valence-corrected chi connectivity index (χ3v) is 2.68. The number of hydrogen-bond acceptors (Lipinski definition) is 1. The zero-order valence-electron chi connectivity index (χ0n) is 9.35. The van der Waals surface area contributed by atoms with E-state index in [2.05, 4.69) is 0 Å². The van der Waals surface area contributed by atoms with Crippen LogP contribution in [0.3, 0.4) is 0 Å². The summed E-state index contributed by atoms with van der Waals surface area (Å²) in [6, 6.07) is 13.3. The smallest absolute Gasteiger partial charge is 0.384 e. The highest BCUT2D eigenvalue weighted by Gasteiger charge is 2.34. The van der Waals surface area contributed by atoms with E-state index in [1.807, 2.05) is 0 Å². The summed E-state index contributed by atoms with van der Waals surface area (Å²) in [6.07, 6.45) is -5.74. The van der Waals surface area contributed by atoms with Crippen LogP contribution in [-0.2, 0) is 6.18 Å². The molecule has 0 spiro atoms. The van der Waals surface area contributed by atoms with Crippen molar-refractivity contribution in [2.45, 2.75) is 12.3 Å². The highest BCUT2D eigenvalue weighted by molar-refractivity contribution is 5.37. The lowest BCUT2D eigenvalue weighted by Crippen LogP contribution is -2.12. The predicted molar refractivity (Wildman–Crippen MR) is 61.9 cm³/mol. The van der Waals surface area contributed by atoms with Crippen LogP contribution in [0.4, 0.5) is 13.2 Å². The summed E-state index contributed by atoms with van der Waals surface area (Å²) in [6.45, 7) is 0. The average molecular weight is 252 g/mol. The fourth-order valence-electron chi connectivity index (χ4n) is 1.81. The van der Waals surface area contributed by atoms with Crippen molar-refractivity contribution in [3.63, 3.8) is 0 Å². The summed E-state index contributed by atoms with van der Waals surface area (Å²) in [5.41, 5.74) is -0.494. The SMILES string of the molecule is OC(c1ccccc1)c1ccccc1C(F)(F)F. The number of alkyl halides is 3. The molecule has 0 radical (unpaired) electrons. The predicted octanol–water partition coefficient (Wildman–Crippen LogP) is 3.79. The molecule has 2 rings (SSSR count). The zero-order valence-corrected chi connectivity index (χ0v) is 9.35. The van der Waals surface area contributed by atoms with Crippen LogP contribution in [0.5, 0.6) is 0 Å². The fraction of sp³-hybridized carbons (Fsp3) is 0.143. The molecule has 2 aromatic rings. The van der Waals surface area contributed by atoms with Gasteiger partial charge in [0.2, 0.25) is 0 Å². The van der Waals surface area contributed by atoms with Crippen LogP contribution in [0.15, 0.2) is 54.6 Å². The van der Waals surface area contributed by atoms with Crippen molar-refractivity contribution in [2.75, 3.05) is 0 Å². The molecule has 0 fully saturated rings. The fourth-order valence-corrected chi connectivity index (χ4v) is 1.81. The van der Waals surface area contributed by atoms with Crippen LogP contribution >= 0.6 is 0 Å². The van der Waals surface area contributed by atoms with E-state index in [1.165, 1.54) is 18.2 Å². The lowest BCUT2D eigenvalue weighted by Gasteiger charge is -2.17. The van der Waals surface area contributed by atoms with Gasteiger partial charge in [0.05, 0.1) is 5.56 Å². The van der Waals surface area contributed by atoms with Crippen LogP contribution in [-0.4, -0.2) is 5.11 Å². The Balaban J connectivity index is 2.46. The first kappa shape index (κ1) is 12.6. The topological polar surface area (TPSA) is 20.2 Å². The molecule has 0 bridgehead atoms. The van der Waals surface area contributed by atoms with Gasteiger partial charge in [-0.25, -0.2) is 0 Å². The van der Waals surface area contributed by atoms with Crippen molar-refractivity contribution in [1.29, 1.82) is 0 Å². The average Bonchev–Trinajstić information content (AvgIpc) is 2.38. The molecule has 2 aromatic carbocycles. The first-order chi connectivity index (χ1) is 8.50. The summed E-state index contributed by atoms with van der Waals surface area (Å²) in [5, 5.41) is 10.0. The summed E-state index contributed by atoms with van der Waals surface area (Å²) in [7, 11) is 0. The van der Waals surface area contributed by atoms with E-state index in [4.69, 9.17) is 0 Å². The Hall–Kier alpha value is -1.81. The molecule has 0 heterocycles. The Labute approximate surface area is 103 Å². The molecule has 1 unspecified atom stereocenters. The molecule has 1 nitrogen and oxygen atoms in total. The monoisotopic (exact) mass is 252 g/mol. The van der Waals surface area contributed by atoms with Gasteiger partial charge in [0, 0.05) is 0 Å². The highest BCUT2D eigenvalue weighted by Crippen LogP contribution is 2.36. The lowest BCUT2D eigenvalue weighted by molar-refractivity contribution is -0.139. The van der Waals surface area contributed by atoms with Crippen LogP contribution in [0.2, 0.25) is 0 Å². The van der Waals surface area contributed by atoms with Crippen molar-refractivity contribution in [3.05, 3.63) is 71.3 Å². The van der Waals surface area contributed by atoms with Crippen LogP contribution in [0.25, 0.3) is 0 Å². The summed E-state index contributed by atoms with van der Waals surface area (Å²) in [5.74, 6) is 0. The second kappa shape index (κ2) is 4.82. The van der Waals surface area contributed by atoms with E-state index in [9.17, 15) is 18.3 Å². The first-order valence-corrected chi connectivity index (χ1v) is 5.39. The van der Waals surface area contributed by atoms with Gasteiger partial charge in [-0.1, -0.05) is 48.5 Å². The zero-order chi connectivity index (χ0) is 13.2. The van der Waals surface area contributed by atoms with Gasteiger partial charge in [-0.3, -0.25) is 0 Å². The number of aliphatic hydroxyl groups is 1. The molecule has 0 aliphatic rings. The number of rotatable bonds is 2. The van der Waals surface area contributed by atoms with Crippen molar-refractivity contribution < 1.29 is 18.3 Å². The van der Waals surface area contributed by atoms with E-state index in [-0.39, 0.29) is 5.56 Å². The Kier molecular flexibility index (Phi) is 3.39. The molecular weight excluding hydrogens is 241 g/mol. The van der Waals surface area contributed by atoms with Gasteiger partial charge in [-0.15, -0.1) is 0 Å². The van der Waals surface area contributed by atoms with E-state index in [0.717, 1.165) is 6.07 Å². The minimum atomic E-state index is -4.47. The van der Waals surface area contributed by atoms with Gasteiger partial charge in [0.15, 0.2) is 0 Å². The van der Waals surface area contributed by atoms with Crippen molar-refractivity contribution >= 4 is 0 Å². The minimum Gasteiger partial charge on any atom is -0.384 e. The number of halogens is 3. The Bertz CT molecular complexity index is 520. The minimum absolute atomic E-state index is 0.129. The Morgan fingerprint density at radius 3 is 2.00 bits per heavy atom. The second-order valence-corrected chi connectivity index (χ2v) is 3.90. The van der Waals surface area contributed by atoms with Gasteiger partial charge >= 0.3 is 6.18 Å². The third-order valence-electron chi connectivity index (χ3n) is 2.68. The highest BCUT2D eigenvalue weighted by atomic mass is 19.4. The lowest BCUT2D eigenvalue weighted by atomic mass is 9.96. The van der Waals surface area contributed by atoms with E-state index < -0.39 is 17.8 Å². The first-order valence-electron chi connectivity index (χ1n) is 5.39. The molecular formula is C14H11F3O. The quantitative estimate of drug-likeness (QED) is 0.862. The molecule has 18 heavy (non-hydrogen) atoms. The van der Waals surface area contributed by atoms with Crippen molar-refractivity contribution in [1.82, 2.24) is 0 Å². The normalized spacial score (nSPS) is 13.3. The molecule has 4 heteroatoms. The van der Waals surface area contributed by atoms with Crippen LogP contribution in [0.1, 0.15) is 22.8 Å². The number of hydrogen-bond donors (Lipinski definition) is 1. The molecule has 94 valence electrons. The third kappa shape index (κ3) is 2.54. The van der Waals surface area contributed by atoms with Gasteiger partial charge in [0.25, 0.3) is 0 Å². The van der Waals surface area contributed by atoms with Gasteiger partial charge in [0.1, 0.15) is 6.10 Å². The van der Waals surface area contributed by atoms with E-state index >= 15 is 0 Å².